The first-order valence-corrected chi connectivity index (χ1v) is 6.60. The topological polar surface area (TPSA) is 49.4 Å². The summed E-state index contributed by atoms with van der Waals surface area (Å²) in [5.74, 6) is -0.264. The molecule has 4 heteroatoms. The van der Waals surface area contributed by atoms with Crippen molar-refractivity contribution in [2.75, 3.05) is 11.9 Å². The van der Waals surface area contributed by atoms with Gasteiger partial charge in [-0.05, 0) is 38.0 Å². The molecule has 1 rings (SSSR count). The van der Waals surface area contributed by atoms with Crippen LogP contribution in [0.15, 0.2) is 24.3 Å². The van der Waals surface area contributed by atoms with Gasteiger partial charge in [0.05, 0.1) is 0 Å². The summed E-state index contributed by atoms with van der Waals surface area (Å²) in [6.07, 6.45) is 0.972. The van der Waals surface area contributed by atoms with E-state index in [4.69, 9.17) is 0 Å². The van der Waals surface area contributed by atoms with Crippen LogP contribution >= 0.6 is 0 Å². The van der Waals surface area contributed by atoms with Gasteiger partial charge in [-0.25, -0.2) is 0 Å². The third-order valence-electron chi connectivity index (χ3n) is 2.99. The molecule has 1 aromatic carbocycles. The molecule has 0 atom stereocenters. The molecule has 4 nitrogen and oxygen atoms in total. The van der Waals surface area contributed by atoms with Gasteiger partial charge in [0.1, 0.15) is 6.54 Å². The zero-order valence-electron chi connectivity index (χ0n) is 12.1. The average Bonchev–Trinajstić information content (AvgIpc) is 2.36. The summed E-state index contributed by atoms with van der Waals surface area (Å²) >= 11 is 0. The molecule has 1 aromatic rings. The first-order chi connectivity index (χ1) is 8.93. The van der Waals surface area contributed by atoms with Gasteiger partial charge < -0.3 is 10.2 Å². The molecule has 0 aromatic heterocycles. The fraction of sp³-hybridized carbons (Fsp3) is 0.467. The lowest BCUT2D eigenvalue weighted by atomic mass is 10.1. The molecule has 0 spiro atoms. The minimum atomic E-state index is -0.173. The van der Waals surface area contributed by atoms with Crippen molar-refractivity contribution in [3.8, 4) is 0 Å². The highest BCUT2D eigenvalue weighted by Crippen LogP contribution is 2.10. The molecule has 104 valence electrons. The van der Waals surface area contributed by atoms with Gasteiger partial charge in [0.15, 0.2) is 0 Å². The Balaban J connectivity index is 2.61. The monoisotopic (exact) mass is 262 g/mol. The Morgan fingerprint density at radius 2 is 1.79 bits per heavy atom. The van der Waals surface area contributed by atoms with Crippen molar-refractivity contribution >= 4 is 17.5 Å². The van der Waals surface area contributed by atoms with Gasteiger partial charge in [-0.15, -0.1) is 0 Å². The number of nitrogens with one attached hydrogen (secondary N) is 1. The minimum Gasteiger partial charge on any atom is -0.331 e. The Morgan fingerprint density at radius 1 is 1.21 bits per heavy atom. The molecule has 0 fully saturated rings. The number of benzene rings is 1. The van der Waals surface area contributed by atoms with E-state index in [0.717, 1.165) is 12.1 Å². The van der Waals surface area contributed by atoms with Crippen LogP contribution in [0.25, 0.3) is 0 Å². The maximum Gasteiger partial charge on any atom is 0.244 e. The van der Waals surface area contributed by atoms with Gasteiger partial charge in [0, 0.05) is 18.7 Å². The van der Waals surface area contributed by atoms with E-state index in [2.05, 4.69) is 12.2 Å². The molecule has 0 aliphatic carbocycles. The predicted octanol–water partition coefficient (Wildman–Crippen LogP) is 2.44. The highest BCUT2D eigenvalue weighted by atomic mass is 16.2. The second kappa shape index (κ2) is 6.92. The van der Waals surface area contributed by atoms with Gasteiger partial charge in [-0.2, -0.15) is 0 Å². The molecule has 0 saturated heterocycles. The van der Waals surface area contributed by atoms with E-state index in [1.165, 1.54) is 17.4 Å². The SMILES string of the molecule is CCc1ccc(NC(=O)CN(C(C)=O)C(C)C)cc1. The normalized spacial score (nSPS) is 10.4. The maximum absolute atomic E-state index is 11.9. The van der Waals surface area contributed by atoms with Crippen molar-refractivity contribution in [3.05, 3.63) is 29.8 Å². The van der Waals surface area contributed by atoms with Crippen molar-refractivity contribution in [1.29, 1.82) is 0 Å². The minimum absolute atomic E-state index is 0.0192. The lowest BCUT2D eigenvalue weighted by Gasteiger charge is -2.24. The van der Waals surface area contributed by atoms with Crippen molar-refractivity contribution < 1.29 is 9.59 Å². The number of hydrogen-bond acceptors (Lipinski definition) is 2. The van der Waals surface area contributed by atoms with Crippen LogP contribution in [0.3, 0.4) is 0 Å². The number of carbonyl (C=O) groups excluding carboxylic acids is 2. The fourth-order valence-corrected chi connectivity index (χ4v) is 1.84. The number of hydrogen-bond donors (Lipinski definition) is 1. The standard InChI is InChI=1S/C15H22N2O2/c1-5-13-6-8-14(9-7-13)16-15(19)10-17(11(2)3)12(4)18/h6-9,11H,5,10H2,1-4H3,(H,16,19). The number of carbonyl (C=O) groups is 2. The molecular weight excluding hydrogens is 240 g/mol. The van der Waals surface area contributed by atoms with Crippen LogP contribution in [0.1, 0.15) is 33.3 Å². The van der Waals surface area contributed by atoms with Crippen molar-refractivity contribution in [2.45, 2.75) is 40.2 Å². The van der Waals surface area contributed by atoms with E-state index in [0.29, 0.717) is 0 Å². The highest BCUT2D eigenvalue weighted by molar-refractivity contribution is 5.94. The smallest absolute Gasteiger partial charge is 0.244 e. The molecule has 0 aliphatic rings. The Kier molecular flexibility index (Phi) is 5.55. The highest BCUT2D eigenvalue weighted by Gasteiger charge is 2.16. The average molecular weight is 262 g/mol. The van der Waals surface area contributed by atoms with E-state index in [-0.39, 0.29) is 24.4 Å². The van der Waals surface area contributed by atoms with Crippen LogP contribution < -0.4 is 5.32 Å². The van der Waals surface area contributed by atoms with Gasteiger partial charge >= 0.3 is 0 Å². The Hall–Kier alpha value is -1.84. The molecule has 1 N–H and O–H groups in total. The summed E-state index contributed by atoms with van der Waals surface area (Å²) in [6, 6.07) is 7.75. The number of rotatable bonds is 5. The number of nitrogens with zero attached hydrogens (tertiary/aromatic N) is 1. The quantitative estimate of drug-likeness (QED) is 0.886. The summed E-state index contributed by atoms with van der Waals surface area (Å²) in [5, 5.41) is 2.80. The summed E-state index contributed by atoms with van der Waals surface area (Å²) in [4.78, 5) is 24.8. The molecule has 0 unspecified atom stereocenters. The molecule has 0 aliphatic heterocycles. The zero-order valence-corrected chi connectivity index (χ0v) is 12.1. The van der Waals surface area contributed by atoms with Gasteiger partial charge in [-0.1, -0.05) is 19.1 Å². The van der Waals surface area contributed by atoms with Crippen LogP contribution in [0.2, 0.25) is 0 Å². The van der Waals surface area contributed by atoms with Crippen LogP contribution in [0, 0.1) is 0 Å². The van der Waals surface area contributed by atoms with Gasteiger partial charge in [0.25, 0.3) is 0 Å². The van der Waals surface area contributed by atoms with Gasteiger partial charge in [0.2, 0.25) is 11.8 Å². The van der Waals surface area contributed by atoms with Crippen LogP contribution in [-0.2, 0) is 16.0 Å². The summed E-state index contributed by atoms with van der Waals surface area (Å²) in [7, 11) is 0. The Morgan fingerprint density at radius 3 is 2.21 bits per heavy atom. The van der Waals surface area contributed by atoms with Crippen LogP contribution in [0.5, 0.6) is 0 Å². The van der Waals surface area contributed by atoms with E-state index in [1.54, 1.807) is 0 Å². The second-order valence-electron chi connectivity index (χ2n) is 4.84. The van der Waals surface area contributed by atoms with E-state index >= 15 is 0 Å². The number of anilines is 1. The number of amides is 2. The number of aryl methyl sites for hydroxylation is 1. The molecule has 0 saturated carbocycles. The van der Waals surface area contributed by atoms with Gasteiger partial charge in [-0.3, -0.25) is 9.59 Å². The van der Waals surface area contributed by atoms with Crippen LogP contribution in [-0.4, -0.2) is 29.3 Å². The summed E-state index contributed by atoms with van der Waals surface area (Å²) in [6.45, 7) is 7.43. The first kappa shape index (κ1) is 15.2. The molecule has 0 radical (unpaired) electrons. The Bertz CT molecular complexity index is 438. The third kappa shape index (κ3) is 4.73. The molecule has 0 heterocycles. The third-order valence-corrected chi connectivity index (χ3v) is 2.99. The molecule has 19 heavy (non-hydrogen) atoms. The predicted molar refractivity (Wildman–Crippen MR) is 77.0 cm³/mol. The lowest BCUT2D eigenvalue weighted by molar-refractivity contribution is -0.134. The molecule has 2 amide bonds. The van der Waals surface area contributed by atoms with Crippen molar-refractivity contribution in [1.82, 2.24) is 4.90 Å². The van der Waals surface area contributed by atoms with E-state index in [1.807, 2.05) is 38.1 Å². The van der Waals surface area contributed by atoms with E-state index < -0.39 is 0 Å². The fourth-order valence-electron chi connectivity index (χ4n) is 1.84. The summed E-state index contributed by atoms with van der Waals surface area (Å²) < 4.78 is 0. The second-order valence-corrected chi connectivity index (χ2v) is 4.84. The molecular formula is C15H22N2O2. The van der Waals surface area contributed by atoms with Crippen LogP contribution in [0.4, 0.5) is 5.69 Å². The van der Waals surface area contributed by atoms with E-state index in [9.17, 15) is 9.59 Å². The molecule has 0 bridgehead atoms. The zero-order chi connectivity index (χ0) is 14.4. The first-order valence-electron chi connectivity index (χ1n) is 6.60. The summed E-state index contributed by atoms with van der Waals surface area (Å²) in [5.41, 5.74) is 1.99. The maximum atomic E-state index is 11.9. The van der Waals surface area contributed by atoms with Crippen molar-refractivity contribution in [2.24, 2.45) is 0 Å². The lowest BCUT2D eigenvalue weighted by Crippen LogP contribution is -2.41. The largest absolute Gasteiger partial charge is 0.331 e. The van der Waals surface area contributed by atoms with Crippen molar-refractivity contribution in [3.63, 3.8) is 0 Å². The Labute approximate surface area is 114 Å².